The Morgan fingerprint density at radius 3 is 2.27 bits per heavy atom. The number of hydrogen-bond acceptors (Lipinski definition) is 4. The van der Waals surface area contributed by atoms with Gasteiger partial charge in [0, 0.05) is 0 Å². The van der Waals surface area contributed by atoms with Gasteiger partial charge in [0.2, 0.25) is 0 Å². The Balaban J connectivity index is 1.95. The van der Waals surface area contributed by atoms with Gasteiger partial charge in [-0.15, -0.1) is 0 Å². The van der Waals surface area contributed by atoms with Gasteiger partial charge in [0.15, 0.2) is 0 Å². The molecule has 0 heterocycles. The number of benzene rings is 1. The van der Waals surface area contributed by atoms with Crippen LogP contribution < -0.4 is 4.74 Å². The van der Waals surface area contributed by atoms with Crippen LogP contribution in [-0.4, -0.2) is 17.0 Å². The molecule has 33 heavy (non-hydrogen) atoms. The van der Waals surface area contributed by atoms with Crippen LogP contribution in [0, 0.1) is 22.7 Å². The first kappa shape index (κ1) is 26.6. The zero-order chi connectivity index (χ0) is 24.1. The Kier molecular flexibility index (Phi) is 11.2. The second-order valence-electron chi connectivity index (χ2n) is 9.45. The average Bonchev–Trinajstić information content (AvgIpc) is 2.81. The number of carbonyl (C=O) groups is 2. The number of aliphatic carboxylic acids is 1. The van der Waals surface area contributed by atoms with Crippen molar-refractivity contribution in [2.45, 2.75) is 97.3 Å². The predicted octanol–water partition coefficient (Wildman–Crippen LogP) is 7.01. The molecule has 1 aromatic rings. The highest BCUT2D eigenvalue weighted by Gasteiger charge is 2.36. The molecule has 180 valence electrons. The highest BCUT2D eigenvalue weighted by molar-refractivity contribution is 5.94. The summed E-state index contributed by atoms with van der Waals surface area (Å²) in [7, 11) is 0. The molecule has 1 N–H and O–H groups in total. The summed E-state index contributed by atoms with van der Waals surface area (Å²) in [6, 6.07) is 9.56. The number of esters is 1. The quantitative estimate of drug-likeness (QED) is 0.114. The summed E-state index contributed by atoms with van der Waals surface area (Å²) >= 11 is 0. The molecule has 2 rings (SSSR count). The van der Waals surface area contributed by atoms with Crippen molar-refractivity contribution in [3.8, 4) is 11.8 Å². The van der Waals surface area contributed by atoms with Crippen molar-refractivity contribution >= 4 is 11.9 Å². The lowest BCUT2D eigenvalue weighted by atomic mass is 9.67. The zero-order valence-electron chi connectivity index (χ0n) is 20.3. The number of aryl methyl sites for hydroxylation is 1. The minimum atomic E-state index is -0.760. The SMILES string of the molecule is CCCCCCCCc1ccc(OC(=O)C(C#N)=CC2(CCC)CCC(C(=O)O)CC2)cc1. The summed E-state index contributed by atoms with van der Waals surface area (Å²) in [5.74, 6) is -1.30. The van der Waals surface area contributed by atoms with Crippen molar-refractivity contribution < 1.29 is 19.4 Å². The number of rotatable bonds is 13. The first-order valence-electron chi connectivity index (χ1n) is 12.6. The molecule has 0 spiro atoms. The van der Waals surface area contributed by atoms with Gasteiger partial charge < -0.3 is 9.84 Å². The molecule has 1 aliphatic rings. The number of nitrogens with zero attached hydrogens (tertiary/aromatic N) is 1. The monoisotopic (exact) mass is 453 g/mol. The van der Waals surface area contributed by atoms with Crippen LogP contribution in [0.2, 0.25) is 0 Å². The van der Waals surface area contributed by atoms with E-state index in [2.05, 4.69) is 13.8 Å². The minimum Gasteiger partial charge on any atom is -0.481 e. The van der Waals surface area contributed by atoms with E-state index in [0.29, 0.717) is 31.4 Å². The summed E-state index contributed by atoms with van der Waals surface area (Å²) in [6.07, 6.45) is 14.5. The van der Waals surface area contributed by atoms with Crippen LogP contribution >= 0.6 is 0 Å². The molecule has 0 aromatic heterocycles. The molecular formula is C28H39NO4. The summed E-state index contributed by atoms with van der Waals surface area (Å²) in [5.41, 5.74) is 0.915. The Hall–Kier alpha value is -2.61. The van der Waals surface area contributed by atoms with Crippen LogP contribution in [0.5, 0.6) is 5.75 Å². The molecule has 0 radical (unpaired) electrons. The topological polar surface area (TPSA) is 87.4 Å². The van der Waals surface area contributed by atoms with Crippen molar-refractivity contribution in [3.63, 3.8) is 0 Å². The van der Waals surface area contributed by atoms with Gasteiger partial charge in [0.1, 0.15) is 17.4 Å². The molecule has 0 bridgehead atoms. The maximum atomic E-state index is 12.7. The van der Waals surface area contributed by atoms with Crippen LogP contribution in [0.15, 0.2) is 35.9 Å². The van der Waals surface area contributed by atoms with Gasteiger partial charge in [-0.1, -0.05) is 70.6 Å². The van der Waals surface area contributed by atoms with Crippen molar-refractivity contribution in [1.82, 2.24) is 0 Å². The molecule has 0 atom stereocenters. The third kappa shape index (κ3) is 8.68. The Morgan fingerprint density at radius 1 is 1.06 bits per heavy atom. The van der Waals surface area contributed by atoms with Crippen LogP contribution in [0.4, 0.5) is 0 Å². The van der Waals surface area contributed by atoms with Crippen molar-refractivity contribution in [1.29, 1.82) is 5.26 Å². The number of ether oxygens (including phenoxy) is 1. The molecule has 0 amide bonds. The van der Waals surface area contributed by atoms with Gasteiger partial charge in [-0.25, -0.2) is 4.79 Å². The molecular weight excluding hydrogens is 414 g/mol. The molecule has 0 aliphatic heterocycles. The fraction of sp³-hybridized carbons (Fsp3) is 0.607. The summed E-state index contributed by atoms with van der Waals surface area (Å²) in [4.78, 5) is 24.0. The third-order valence-electron chi connectivity index (χ3n) is 6.82. The van der Waals surface area contributed by atoms with Crippen LogP contribution in [-0.2, 0) is 16.0 Å². The van der Waals surface area contributed by atoms with Gasteiger partial charge in [-0.05, 0) is 68.1 Å². The van der Waals surface area contributed by atoms with Gasteiger partial charge >= 0.3 is 11.9 Å². The van der Waals surface area contributed by atoms with E-state index in [1.807, 2.05) is 18.2 Å². The lowest BCUT2D eigenvalue weighted by Gasteiger charge is -2.37. The van der Waals surface area contributed by atoms with E-state index in [-0.39, 0.29) is 16.9 Å². The number of allylic oxidation sites excluding steroid dienone is 1. The van der Waals surface area contributed by atoms with E-state index in [9.17, 15) is 20.0 Å². The normalized spacial score (nSPS) is 20.8. The third-order valence-corrected chi connectivity index (χ3v) is 6.82. The number of carbonyl (C=O) groups excluding carboxylic acids is 1. The van der Waals surface area contributed by atoms with Crippen molar-refractivity contribution in [3.05, 3.63) is 41.5 Å². The maximum absolute atomic E-state index is 12.7. The van der Waals surface area contributed by atoms with Gasteiger partial charge in [-0.3, -0.25) is 4.79 Å². The number of hydrogen-bond donors (Lipinski definition) is 1. The highest BCUT2D eigenvalue weighted by atomic mass is 16.5. The number of nitriles is 1. The predicted molar refractivity (Wildman–Crippen MR) is 130 cm³/mol. The molecule has 0 saturated heterocycles. The van der Waals surface area contributed by atoms with E-state index < -0.39 is 11.9 Å². The molecule has 1 aliphatic carbocycles. The van der Waals surface area contributed by atoms with E-state index in [0.717, 1.165) is 25.7 Å². The maximum Gasteiger partial charge on any atom is 0.353 e. The number of unbranched alkanes of at least 4 members (excludes halogenated alkanes) is 5. The fourth-order valence-electron chi connectivity index (χ4n) is 4.84. The smallest absolute Gasteiger partial charge is 0.353 e. The molecule has 1 aromatic carbocycles. The zero-order valence-corrected chi connectivity index (χ0v) is 20.3. The summed E-state index contributed by atoms with van der Waals surface area (Å²) < 4.78 is 5.49. The average molecular weight is 454 g/mol. The van der Waals surface area contributed by atoms with Gasteiger partial charge in [-0.2, -0.15) is 5.26 Å². The first-order valence-corrected chi connectivity index (χ1v) is 12.6. The van der Waals surface area contributed by atoms with Gasteiger partial charge in [0.05, 0.1) is 5.92 Å². The lowest BCUT2D eigenvalue weighted by Crippen LogP contribution is -2.30. The van der Waals surface area contributed by atoms with E-state index in [4.69, 9.17) is 4.74 Å². The summed E-state index contributed by atoms with van der Waals surface area (Å²) in [5, 5.41) is 18.9. The lowest BCUT2D eigenvalue weighted by molar-refractivity contribution is -0.143. The van der Waals surface area contributed by atoms with Crippen molar-refractivity contribution in [2.75, 3.05) is 0 Å². The molecule has 1 fully saturated rings. The first-order chi connectivity index (χ1) is 15.9. The largest absolute Gasteiger partial charge is 0.481 e. The molecule has 5 nitrogen and oxygen atoms in total. The molecule has 0 unspecified atom stereocenters. The summed E-state index contributed by atoms with van der Waals surface area (Å²) in [6.45, 7) is 4.29. The minimum absolute atomic E-state index is 0.00776. The van der Waals surface area contributed by atoms with Crippen LogP contribution in [0.1, 0.15) is 96.5 Å². The second-order valence-corrected chi connectivity index (χ2v) is 9.45. The Bertz CT molecular complexity index is 826. The standard InChI is InChI=1S/C28H39NO4/c1-3-5-6-7-8-9-10-22-11-13-25(14-12-22)33-27(32)24(21-29)20-28(17-4-2)18-15-23(16-19-28)26(30)31/h11-14,20,23H,3-10,15-19H2,1-2H3,(H,30,31). The second kappa shape index (κ2) is 13.8. The number of carboxylic acid groups (broad SMARTS) is 1. The van der Waals surface area contributed by atoms with E-state index >= 15 is 0 Å². The number of carboxylic acids is 1. The fourth-order valence-corrected chi connectivity index (χ4v) is 4.84. The molecule has 5 heteroatoms. The van der Waals surface area contributed by atoms with Crippen LogP contribution in [0.25, 0.3) is 0 Å². The Labute approximate surface area is 198 Å². The van der Waals surface area contributed by atoms with E-state index in [1.54, 1.807) is 18.2 Å². The Morgan fingerprint density at radius 2 is 1.70 bits per heavy atom. The highest BCUT2D eigenvalue weighted by Crippen LogP contribution is 2.44. The van der Waals surface area contributed by atoms with Gasteiger partial charge in [0.25, 0.3) is 0 Å². The van der Waals surface area contributed by atoms with E-state index in [1.165, 1.54) is 37.7 Å². The van der Waals surface area contributed by atoms with Crippen LogP contribution in [0.3, 0.4) is 0 Å². The van der Waals surface area contributed by atoms with Crippen molar-refractivity contribution in [2.24, 2.45) is 11.3 Å². The molecule has 1 saturated carbocycles.